The van der Waals surface area contributed by atoms with Gasteiger partial charge in [0.2, 0.25) is 15.9 Å². The van der Waals surface area contributed by atoms with E-state index in [0.29, 0.717) is 18.8 Å². The lowest BCUT2D eigenvalue weighted by Gasteiger charge is -2.20. The molecule has 2 N–H and O–H groups in total. The van der Waals surface area contributed by atoms with Gasteiger partial charge in [-0.25, -0.2) is 8.42 Å². The van der Waals surface area contributed by atoms with E-state index in [9.17, 15) is 13.2 Å². The lowest BCUT2D eigenvalue weighted by molar-refractivity contribution is -0.115. The van der Waals surface area contributed by atoms with Gasteiger partial charge in [0.05, 0.1) is 11.4 Å². The van der Waals surface area contributed by atoms with Crippen LogP contribution in [0.5, 0.6) is 0 Å². The van der Waals surface area contributed by atoms with Crippen molar-refractivity contribution in [2.24, 2.45) is 0 Å². The van der Waals surface area contributed by atoms with E-state index in [-0.39, 0.29) is 29.8 Å². The molecule has 1 aromatic carbocycles. The van der Waals surface area contributed by atoms with Gasteiger partial charge in [0.1, 0.15) is 0 Å². The van der Waals surface area contributed by atoms with Crippen LogP contribution >= 0.6 is 12.4 Å². The molecule has 0 unspecified atom stereocenters. The lowest BCUT2D eigenvalue weighted by Crippen LogP contribution is -2.31. The van der Waals surface area contributed by atoms with Crippen LogP contribution in [0, 0.1) is 13.8 Å². The zero-order valence-electron chi connectivity index (χ0n) is 14.3. The number of hydrogen-bond donors (Lipinski definition) is 2. The normalized spacial score (nSPS) is 11.2. The summed E-state index contributed by atoms with van der Waals surface area (Å²) in [5.41, 5.74) is 2.22. The van der Waals surface area contributed by atoms with Gasteiger partial charge >= 0.3 is 0 Å². The Morgan fingerprint density at radius 3 is 2.22 bits per heavy atom. The molecule has 0 heterocycles. The average molecular weight is 364 g/mol. The molecule has 1 amide bonds. The van der Waals surface area contributed by atoms with Gasteiger partial charge in [-0.15, -0.1) is 12.4 Å². The predicted octanol–water partition coefficient (Wildman–Crippen LogP) is 1.91. The van der Waals surface area contributed by atoms with E-state index in [1.54, 1.807) is 27.0 Å². The standard InChI is InChI=1S/C15H25N3O3S.ClH/c1-6-18(7-2)22(20,21)13-8-11(3)12(4)14(9-13)17-15(19)10-16-5;/h8-9,16H,6-7,10H2,1-5H3,(H,17,19);1H. The maximum Gasteiger partial charge on any atom is 0.243 e. The van der Waals surface area contributed by atoms with E-state index in [1.807, 2.05) is 13.8 Å². The number of carbonyl (C=O) groups excluding carboxylic acids is 1. The Morgan fingerprint density at radius 1 is 1.17 bits per heavy atom. The minimum Gasteiger partial charge on any atom is -0.325 e. The minimum absolute atomic E-state index is 0. The van der Waals surface area contributed by atoms with E-state index in [1.165, 1.54) is 10.4 Å². The molecule has 0 fully saturated rings. The number of carbonyl (C=O) groups is 1. The second-order valence-corrected chi connectivity index (χ2v) is 7.02. The monoisotopic (exact) mass is 363 g/mol. The first-order valence-corrected chi connectivity index (χ1v) is 8.77. The van der Waals surface area contributed by atoms with E-state index in [4.69, 9.17) is 0 Å². The number of nitrogens with one attached hydrogen (secondary N) is 2. The second-order valence-electron chi connectivity index (χ2n) is 5.08. The van der Waals surface area contributed by atoms with Gasteiger partial charge in [0, 0.05) is 18.8 Å². The molecule has 132 valence electrons. The smallest absolute Gasteiger partial charge is 0.243 e. The first-order chi connectivity index (χ1) is 10.3. The molecular formula is C15H26ClN3O3S. The number of likely N-dealkylation sites (N-methyl/N-ethyl adjacent to an activating group) is 1. The molecule has 8 heteroatoms. The number of halogens is 1. The van der Waals surface area contributed by atoms with Gasteiger partial charge in [0.15, 0.2) is 0 Å². The molecule has 0 atom stereocenters. The largest absolute Gasteiger partial charge is 0.325 e. The first-order valence-electron chi connectivity index (χ1n) is 7.33. The summed E-state index contributed by atoms with van der Waals surface area (Å²) in [4.78, 5) is 12.0. The number of hydrogen-bond acceptors (Lipinski definition) is 4. The summed E-state index contributed by atoms with van der Waals surface area (Å²) in [7, 11) is -1.87. The summed E-state index contributed by atoms with van der Waals surface area (Å²) in [6, 6.07) is 3.18. The van der Waals surface area contributed by atoms with Crippen LogP contribution in [0.2, 0.25) is 0 Å². The number of aryl methyl sites for hydroxylation is 1. The van der Waals surface area contributed by atoms with Crippen molar-refractivity contribution in [2.45, 2.75) is 32.6 Å². The van der Waals surface area contributed by atoms with E-state index < -0.39 is 10.0 Å². The van der Waals surface area contributed by atoms with Crippen molar-refractivity contribution >= 4 is 34.0 Å². The van der Waals surface area contributed by atoms with Crippen molar-refractivity contribution in [3.63, 3.8) is 0 Å². The van der Waals surface area contributed by atoms with Gasteiger partial charge in [-0.05, 0) is 44.2 Å². The quantitative estimate of drug-likeness (QED) is 0.775. The first kappa shape index (κ1) is 21.9. The highest BCUT2D eigenvalue weighted by atomic mass is 35.5. The van der Waals surface area contributed by atoms with Crippen LogP contribution in [-0.4, -0.2) is 45.3 Å². The van der Waals surface area contributed by atoms with Crippen LogP contribution in [0.4, 0.5) is 5.69 Å². The maximum atomic E-state index is 12.6. The lowest BCUT2D eigenvalue weighted by atomic mass is 10.1. The molecule has 0 radical (unpaired) electrons. The third-order valence-electron chi connectivity index (χ3n) is 3.60. The zero-order valence-corrected chi connectivity index (χ0v) is 15.9. The van der Waals surface area contributed by atoms with Crippen LogP contribution in [0.15, 0.2) is 17.0 Å². The van der Waals surface area contributed by atoms with Gasteiger partial charge in [-0.3, -0.25) is 4.79 Å². The average Bonchev–Trinajstić information content (AvgIpc) is 2.44. The molecule has 0 aliphatic heterocycles. The van der Waals surface area contributed by atoms with Gasteiger partial charge < -0.3 is 10.6 Å². The summed E-state index contributed by atoms with van der Waals surface area (Å²) in [5.74, 6) is -0.206. The highest BCUT2D eigenvalue weighted by molar-refractivity contribution is 7.89. The van der Waals surface area contributed by atoms with Crippen LogP contribution in [0.3, 0.4) is 0 Å². The SMILES string of the molecule is CCN(CC)S(=O)(=O)c1cc(C)c(C)c(NC(=O)CNC)c1.Cl. The maximum absolute atomic E-state index is 12.6. The fourth-order valence-electron chi connectivity index (χ4n) is 2.17. The Bertz CT molecular complexity index is 644. The van der Waals surface area contributed by atoms with Crippen LogP contribution < -0.4 is 10.6 Å². The molecule has 0 aliphatic carbocycles. The van der Waals surface area contributed by atoms with Crippen LogP contribution in [0.1, 0.15) is 25.0 Å². The molecule has 1 rings (SSSR count). The fraction of sp³-hybridized carbons (Fsp3) is 0.533. The van der Waals surface area contributed by atoms with E-state index in [2.05, 4.69) is 10.6 Å². The molecule has 1 aromatic rings. The fourth-order valence-corrected chi connectivity index (χ4v) is 3.74. The highest BCUT2D eigenvalue weighted by Crippen LogP contribution is 2.26. The molecule has 6 nitrogen and oxygen atoms in total. The van der Waals surface area contributed by atoms with Gasteiger partial charge in [-0.2, -0.15) is 4.31 Å². The molecule has 0 saturated carbocycles. The van der Waals surface area contributed by atoms with E-state index >= 15 is 0 Å². The molecule has 0 aliphatic rings. The van der Waals surface area contributed by atoms with Crippen molar-refractivity contribution in [1.29, 1.82) is 0 Å². The highest BCUT2D eigenvalue weighted by Gasteiger charge is 2.23. The number of nitrogens with zero attached hydrogens (tertiary/aromatic N) is 1. The third kappa shape index (κ3) is 5.17. The van der Waals surface area contributed by atoms with Crippen molar-refractivity contribution in [1.82, 2.24) is 9.62 Å². The molecule has 0 saturated heterocycles. The number of sulfonamides is 1. The summed E-state index contributed by atoms with van der Waals surface area (Å²) >= 11 is 0. The summed E-state index contributed by atoms with van der Waals surface area (Å²) in [6.07, 6.45) is 0. The minimum atomic E-state index is -3.54. The van der Waals surface area contributed by atoms with Gasteiger partial charge in [-0.1, -0.05) is 13.8 Å². The summed E-state index contributed by atoms with van der Waals surface area (Å²) < 4.78 is 26.6. The molecule has 0 aromatic heterocycles. The number of rotatable bonds is 7. The Hall–Kier alpha value is -1.15. The molecule has 0 bridgehead atoms. The number of amides is 1. The third-order valence-corrected chi connectivity index (χ3v) is 5.62. The topological polar surface area (TPSA) is 78.5 Å². The Labute approximate surface area is 145 Å². The van der Waals surface area contributed by atoms with Crippen LogP contribution in [-0.2, 0) is 14.8 Å². The zero-order chi connectivity index (χ0) is 16.9. The number of anilines is 1. The second kappa shape index (κ2) is 9.22. The Morgan fingerprint density at radius 2 is 1.74 bits per heavy atom. The van der Waals surface area contributed by atoms with Crippen molar-refractivity contribution in [3.8, 4) is 0 Å². The molecule has 0 spiro atoms. The van der Waals surface area contributed by atoms with Crippen molar-refractivity contribution in [3.05, 3.63) is 23.3 Å². The van der Waals surface area contributed by atoms with Crippen molar-refractivity contribution in [2.75, 3.05) is 32.0 Å². The molecule has 23 heavy (non-hydrogen) atoms. The van der Waals surface area contributed by atoms with Gasteiger partial charge in [0.25, 0.3) is 0 Å². The summed E-state index contributed by atoms with van der Waals surface area (Å²) in [6.45, 7) is 8.30. The van der Waals surface area contributed by atoms with Crippen LogP contribution in [0.25, 0.3) is 0 Å². The Balaban J connectivity index is 0.00000484. The number of benzene rings is 1. The van der Waals surface area contributed by atoms with E-state index in [0.717, 1.165) is 11.1 Å². The summed E-state index contributed by atoms with van der Waals surface area (Å²) in [5, 5.41) is 5.52. The molecular weight excluding hydrogens is 338 g/mol. The Kier molecular flexibility index (Phi) is 8.76. The predicted molar refractivity (Wildman–Crippen MR) is 95.8 cm³/mol. The van der Waals surface area contributed by atoms with Crippen molar-refractivity contribution < 1.29 is 13.2 Å².